The molecular formula is C11H6O8. The maximum atomic E-state index is 11.3. The Balaban J connectivity index is 2.54. The molecule has 0 saturated carbocycles. The van der Waals surface area contributed by atoms with E-state index in [1.807, 2.05) is 0 Å². The van der Waals surface area contributed by atoms with Crippen LogP contribution in [0, 0.1) is 0 Å². The zero-order valence-corrected chi connectivity index (χ0v) is 9.11. The molecule has 2 rings (SSSR count). The third kappa shape index (κ3) is 2.32. The Labute approximate surface area is 104 Å². The van der Waals surface area contributed by atoms with Crippen LogP contribution in [-0.4, -0.2) is 27.3 Å². The molecule has 3 N–H and O–H groups in total. The average molecular weight is 266 g/mol. The first-order valence-corrected chi connectivity index (χ1v) is 4.83. The van der Waals surface area contributed by atoms with E-state index in [1.165, 1.54) is 0 Å². The number of rotatable bonds is 1. The molecule has 0 aromatic carbocycles. The SMILES string of the molecule is O=C(O)C(=O)OC1=C(O)c2cc(=O)cc(o2)C(O)=C1. The second-order valence-electron chi connectivity index (χ2n) is 3.46. The van der Waals surface area contributed by atoms with Crippen LogP contribution in [0.25, 0.3) is 11.5 Å². The van der Waals surface area contributed by atoms with Crippen molar-refractivity contribution in [1.82, 2.24) is 0 Å². The van der Waals surface area contributed by atoms with Crippen LogP contribution in [0.3, 0.4) is 0 Å². The van der Waals surface area contributed by atoms with Crippen LogP contribution in [0.5, 0.6) is 0 Å². The zero-order chi connectivity index (χ0) is 14.2. The highest BCUT2D eigenvalue weighted by Crippen LogP contribution is 2.26. The van der Waals surface area contributed by atoms with Gasteiger partial charge in [-0.25, -0.2) is 9.59 Å². The molecule has 1 aromatic rings. The molecule has 1 aromatic heterocycles. The van der Waals surface area contributed by atoms with Gasteiger partial charge in [0.1, 0.15) is 0 Å². The number of aliphatic hydroxyl groups is 2. The molecule has 2 bridgehead atoms. The number of ether oxygens (including phenoxy) is 1. The molecule has 1 aliphatic rings. The van der Waals surface area contributed by atoms with Crippen LogP contribution in [0.4, 0.5) is 0 Å². The van der Waals surface area contributed by atoms with E-state index in [2.05, 4.69) is 4.74 Å². The van der Waals surface area contributed by atoms with Gasteiger partial charge in [-0.05, 0) is 0 Å². The Morgan fingerprint density at radius 2 is 1.79 bits per heavy atom. The average Bonchev–Trinajstić information content (AvgIpc) is 2.41. The van der Waals surface area contributed by atoms with Gasteiger partial charge in [0.25, 0.3) is 0 Å². The number of fused-ring (bicyclic) bond motifs is 2. The maximum Gasteiger partial charge on any atom is 0.422 e. The lowest BCUT2D eigenvalue weighted by Gasteiger charge is -2.03. The van der Waals surface area contributed by atoms with Crippen LogP contribution in [0.2, 0.25) is 0 Å². The van der Waals surface area contributed by atoms with Crippen LogP contribution >= 0.6 is 0 Å². The smallest absolute Gasteiger partial charge is 0.422 e. The minimum absolute atomic E-state index is 0.254. The van der Waals surface area contributed by atoms with Crippen LogP contribution < -0.4 is 5.43 Å². The number of hydrogen-bond donors (Lipinski definition) is 3. The van der Waals surface area contributed by atoms with E-state index in [4.69, 9.17) is 9.52 Å². The number of aliphatic hydroxyl groups excluding tert-OH is 2. The highest BCUT2D eigenvalue weighted by Gasteiger charge is 2.23. The van der Waals surface area contributed by atoms with Gasteiger partial charge in [-0.3, -0.25) is 4.79 Å². The van der Waals surface area contributed by atoms with Crippen LogP contribution in [0.15, 0.2) is 33.2 Å². The zero-order valence-electron chi connectivity index (χ0n) is 9.11. The summed E-state index contributed by atoms with van der Waals surface area (Å²) in [5.41, 5.74) is -0.562. The highest BCUT2D eigenvalue weighted by molar-refractivity contribution is 6.29. The van der Waals surface area contributed by atoms with Gasteiger partial charge in [0.05, 0.1) is 0 Å². The Kier molecular flexibility index (Phi) is 2.83. The van der Waals surface area contributed by atoms with Gasteiger partial charge in [-0.15, -0.1) is 0 Å². The van der Waals surface area contributed by atoms with Gasteiger partial charge in [0.15, 0.2) is 28.5 Å². The van der Waals surface area contributed by atoms with E-state index in [9.17, 15) is 24.6 Å². The fourth-order valence-corrected chi connectivity index (χ4v) is 1.33. The third-order valence-corrected chi connectivity index (χ3v) is 2.13. The Hall–Kier alpha value is -3.03. The van der Waals surface area contributed by atoms with Crippen molar-refractivity contribution in [2.75, 3.05) is 0 Å². The van der Waals surface area contributed by atoms with Crippen molar-refractivity contribution < 1.29 is 34.1 Å². The van der Waals surface area contributed by atoms with Gasteiger partial charge in [0, 0.05) is 18.2 Å². The number of carbonyl (C=O) groups excluding carboxylic acids is 1. The van der Waals surface area contributed by atoms with Crippen molar-refractivity contribution in [2.45, 2.75) is 0 Å². The maximum absolute atomic E-state index is 11.3. The summed E-state index contributed by atoms with van der Waals surface area (Å²) in [5, 5.41) is 27.7. The quantitative estimate of drug-likeness (QED) is 0.491. The van der Waals surface area contributed by atoms with E-state index in [0.717, 1.165) is 18.2 Å². The summed E-state index contributed by atoms with van der Waals surface area (Å²) in [6.45, 7) is 0. The van der Waals surface area contributed by atoms with Crippen molar-refractivity contribution in [2.24, 2.45) is 0 Å². The first kappa shape index (κ1) is 12.4. The number of carboxylic acids is 1. The molecule has 0 unspecified atom stereocenters. The molecule has 2 heterocycles. The van der Waals surface area contributed by atoms with Gasteiger partial charge in [-0.2, -0.15) is 0 Å². The second kappa shape index (κ2) is 4.33. The van der Waals surface area contributed by atoms with Gasteiger partial charge < -0.3 is 24.5 Å². The van der Waals surface area contributed by atoms with E-state index < -0.39 is 34.6 Å². The summed E-state index contributed by atoms with van der Waals surface area (Å²) >= 11 is 0. The summed E-state index contributed by atoms with van der Waals surface area (Å²) in [4.78, 5) is 32.5. The third-order valence-electron chi connectivity index (χ3n) is 2.13. The van der Waals surface area contributed by atoms with E-state index >= 15 is 0 Å². The minimum atomic E-state index is -1.88. The van der Waals surface area contributed by atoms with E-state index in [1.54, 1.807) is 0 Å². The first-order valence-electron chi connectivity index (χ1n) is 4.83. The van der Waals surface area contributed by atoms with Crippen LogP contribution in [-0.2, 0) is 14.3 Å². The molecule has 98 valence electrons. The largest absolute Gasteiger partial charge is 0.504 e. The lowest BCUT2D eigenvalue weighted by atomic mass is 10.3. The number of carboxylic acid groups (broad SMARTS) is 1. The summed E-state index contributed by atoms with van der Waals surface area (Å²) < 4.78 is 9.31. The molecule has 0 saturated heterocycles. The number of allylic oxidation sites excluding steroid dienone is 1. The first-order chi connectivity index (χ1) is 8.88. The molecule has 8 heteroatoms. The lowest BCUT2D eigenvalue weighted by molar-refractivity contribution is -0.160. The standard InChI is InChI=1S/C11H6O8/c12-4-1-6-5(13)3-8(19-11(17)10(15)16)9(14)7(2-4)18-6/h1-3,13-14H,(H,15,16). The summed E-state index contributed by atoms with van der Waals surface area (Å²) in [7, 11) is 0. The molecule has 19 heavy (non-hydrogen) atoms. The number of esters is 1. The summed E-state index contributed by atoms with van der Waals surface area (Å²) in [5.74, 6) is -6.19. The van der Waals surface area contributed by atoms with Crippen molar-refractivity contribution >= 4 is 23.5 Å². The van der Waals surface area contributed by atoms with E-state index in [-0.39, 0.29) is 11.5 Å². The molecule has 0 fully saturated rings. The Morgan fingerprint density at radius 1 is 1.16 bits per heavy atom. The minimum Gasteiger partial charge on any atom is -0.504 e. The number of hydrogen-bond acceptors (Lipinski definition) is 7. The van der Waals surface area contributed by atoms with Crippen LogP contribution in [0.1, 0.15) is 11.5 Å². The molecule has 0 amide bonds. The topological polar surface area (TPSA) is 134 Å². The number of aliphatic carboxylic acids is 1. The van der Waals surface area contributed by atoms with E-state index in [0.29, 0.717) is 0 Å². The van der Waals surface area contributed by atoms with Gasteiger partial charge >= 0.3 is 11.9 Å². The Bertz CT molecular complexity index is 691. The highest BCUT2D eigenvalue weighted by atomic mass is 16.6. The predicted molar refractivity (Wildman–Crippen MR) is 58.9 cm³/mol. The Morgan fingerprint density at radius 3 is 2.42 bits per heavy atom. The lowest BCUT2D eigenvalue weighted by Crippen LogP contribution is -2.16. The molecular weight excluding hydrogens is 260 g/mol. The fourth-order valence-electron chi connectivity index (χ4n) is 1.33. The predicted octanol–water partition coefficient (Wildman–Crippen LogP) is 0.407. The molecule has 0 radical (unpaired) electrons. The van der Waals surface area contributed by atoms with Gasteiger partial charge in [0.2, 0.25) is 5.76 Å². The molecule has 8 nitrogen and oxygen atoms in total. The van der Waals surface area contributed by atoms with Crippen molar-refractivity contribution in [1.29, 1.82) is 0 Å². The normalized spacial score (nSPS) is 13.6. The second-order valence-corrected chi connectivity index (χ2v) is 3.46. The van der Waals surface area contributed by atoms with Crippen molar-refractivity contribution in [3.8, 4) is 0 Å². The van der Waals surface area contributed by atoms with Crippen molar-refractivity contribution in [3.63, 3.8) is 0 Å². The summed E-state index contributed by atoms with van der Waals surface area (Å²) in [6, 6.07) is 1.84. The number of carbonyl (C=O) groups is 2. The van der Waals surface area contributed by atoms with Crippen molar-refractivity contribution in [3.05, 3.63) is 45.7 Å². The molecule has 1 aliphatic heterocycles. The monoisotopic (exact) mass is 266 g/mol. The van der Waals surface area contributed by atoms with Gasteiger partial charge in [-0.1, -0.05) is 0 Å². The summed E-state index contributed by atoms with van der Waals surface area (Å²) in [6.07, 6.45) is 0.765. The molecule has 0 aliphatic carbocycles. The molecule has 0 atom stereocenters. The molecule has 0 spiro atoms. The fraction of sp³-hybridized carbons (Fsp3) is 0.